The molecule has 0 saturated carbocycles. The fraction of sp³-hybridized carbons (Fsp3) is 0.500. The summed E-state index contributed by atoms with van der Waals surface area (Å²) < 4.78 is 15.9. The average Bonchev–Trinajstić information content (AvgIpc) is 2.52. The van der Waals surface area contributed by atoms with E-state index < -0.39 is 12.1 Å². The number of carbonyl (C=O) groups is 2. The second kappa shape index (κ2) is 7.32. The van der Waals surface area contributed by atoms with Crippen LogP contribution in [0.25, 0.3) is 0 Å². The molecule has 126 valence electrons. The van der Waals surface area contributed by atoms with Gasteiger partial charge < -0.3 is 24.2 Å². The summed E-state index contributed by atoms with van der Waals surface area (Å²) in [4.78, 5) is 24.7. The van der Waals surface area contributed by atoms with Gasteiger partial charge in [0.1, 0.15) is 11.5 Å². The Morgan fingerprint density at radius 3 is 2.74 bits per heavy atom. The highest BCUT2D eigenvalue weighted by Gasteiger charge is 2.32. The van der Waals surface area contributed by atoms with Gasteiger partial charge in [-0.2, -0.15) is 0 Å². The summed E-state index contributed by atoms with van der Waals surface area (Å²) in [5.74, 6) is -0.0244. The van der Waals surface area contributed by atoms with Crippen LogP contribution in [0, 0.1) is 6.92 Å². The van der Waals surface area contributed by atoms with Crippen LogP contribution < -0.4 is 9.47 Å². The first-order valence-corrected chi connectivity index (χ1v) is 7.34. The second-order valence-corrected chi connectivity index (χ2v) is 5.49. The fourth-order valence-electron chi connectivity index (χ4n) is 2.47. The van der Waals surface area contributed by atoms with Gasteiger partial charge in [0.2, 0.25) is 0 Å². The van der Waals surface area contributed by atoms with Gasteiger partial charge in [-0.05, 0) is 37.6 Å². The normalized spacial score (nSPS) is 20.9. The van der Waals surface area contributed by atoms with Crippen LogP contribution in [0.15, 0.2) is 18.2 Å². The minimum absolute atomic E-state index is 0.0313. The number of aliphatic carboxylic acids is 1. The lowest BCUT2D eigenvalue weighted by Crippen LogP contribution is -2.52. The molecular weight excluding hydrogens is 302 g/mol. The zero-order valence-corrected chi connectivity index (χ0v) is 13.4. The van der Waals surface area contributed by atoms with Crippen LogP contribution in [0.4, 0.5) is 0 Å². The zero-order chi connectivity index (χ0) is 17.0. The van der Waals surface area contributed by atoms with E-state index in [1.165, 1.54) is 4.90 Å². The van der Waals surface area contributed by atoms with Gasteiger partial charge in [0, 0.05) is 6.54 Å². The van der Waals surface area contributed by atoms with E-state index in [0.29, 0.717) is 12.3 Å². The van der Waals surface area contributed by atoms with Crippen molar-refractivity contribution < 1.29 is 28.9 Å². The number of amides is 1. The van der Waals surface area contributed by atoms with Crippen LogP contribution in [0.3, 0.4) is 0 Å². The second-order valence-electron chi connectivity index (χ2n) is 5.49. The van der Waals surface area contributed by atoms with Crippen molar-refractivity contribution in [2.75, 3.05) is 26.8 Å². The molecule has 1 N–H and O–H groups in total. The summed E-state index contributed by atoms with van der Waals surface area (Å²) in [7, 11) is 1.59. The van der Waals surface area contributed by atoms with Crippen molar-refractivity contribution in [3.63, 3.8) is 0 Å². The molecule has 0 radical (unpaired) electrons. The molecule has 0 aromatic heterocycles. The summed E-state index contributed by atoms with van der Waals surface area (Å²) in [5, 5.41) is 9.04. The molecule has 1 aliphatic rings. The molecule has 1 amide bonds. The first-order valence-electron chi connectivity index (χ1n) is 7.34. The maximum atomic E-state index is 12.2. The van der Waals surface area contributed by atoms with Crippen molar-refractivity contribution in [2.24, 2.45) is 0 Å². The third-order valence-corrected chi connectivity index (χ3v) is 3.62. The number of aryl methyl sites for hydroxylation is 1. The monoisotopic (exact) mass is 323 g/mol. The molecule has 0 spiro atoms. The molecule has 1 aliphatic heterocycles. The number of carboxylic acid groups (broad SMARTS) is 1. The van der Waals surface area contributed by atoms with Crippen LogP contribution in [0.2, 0.25) is 0 Å². The summed E-state index contributed by atoms with van der Waals surface area (Å²) in [6.07, 6.45) is -1.32. The Balaban J connectivity index is 1.93. The van der Waals surface area contributed by atoms with Gasteiger partial charge >= 0.3 is 5.97 Å². The molecule has 2 atom stereocenters. The Morgan fingerprint density at radius 2 is 2.13 bits per heavy atom. The molecule has 7 nitrogen and oxygen atoms in total. The van der Waals surface area contributed by atoms with Crippen LogP contribution in [-0.2, 0) is 14.3 Å². The minimum Gasteiger partial charge on any atom is -0.496 e. The number of hydrogen-bond donors (Lipinski definition) is 1. The van der Waals surface area contributed by atoms with Gasteiger partial charge in [0.05, 0.1) is 19.8 Å². The third kappa shape index (κ3) is 4.35. The van der Waals surface area contributed by atoms with Gasteiger partial charge in [-0.1, -0.05) is 0 Å². The van der Waals surface area contributed by atoms with E-state index in [4.69, 9.17) is 19.3 Å². The summed E-state index contributed by atoms with van der Waals surface area (Å²) in [5.41, 5.74) is 0.906. The van der Waals surface area contributed by atoms with Crippen LogP contribution >= 0.6 is 0 Å². The first kappa shape index (κ1) is 17.1. The number of carboxylic acids is 1. The van der Waals surface area contributed by atoms with E-state index in [2.05, 4.69) is 0 Å². The number of carbonyl (C=O) groups excluding carboxylic acids is 1. The summed E-state index contributed by atoms with van der Waals surface area (Å²) in [6.45, 7) is 3.86. The number of benzene rings is 1. The van der Waals surface area contributed by atoms with Gasteiger partial charge in [-0.25, -0.2) is 4.79 Å². The SMILES string of the molecule is COc1ccc(OCC(=O)N2CC(C(=O)O)O[C@H](C)C2)cc1C. The van der Waals surface area contributed by atoms with E-state index in [1.807, 2.05) is 6.92 Å². The van der Waals surface area contributed by atoms with Gasteiger partial charge in [-0.15, -0.1) is 0 Å². The van der Waals surface area contributed by atoms with Gasteiger partial charge in [-0.3, -0.25) is 4.79 Å². The first-order chi connectivity index (χ1) is 10.9. The summed E-state index contributed by atoms with van der Waals surface area (Å²) in [6, 6.07) is 5.28. The number of rotatable bonds is 5. The van der Waals surface area contributed by atoms with Crippen molar-refractivity contribution >= 4 is 11.9 Å². The largest absolute Gasteiger partial charge is 0.496 e. The smallest absolute Gasteiger partial charge is 0.334 e. The Hall–Kier alpha value is -2.28. The van der Waals surface area contributed by atoms with E-state index >= 15 is 0 Å². The van der Waals surface area contributed by atoms with Crippen molar-refractivity contribution in [1.29, 1.82) is 0 Å². The minimum atomic E-state index is -1.07. The highest BCUT2D eigenvalue weighted by Crippen LogP contribution is 2.23. The van der Waals surface area contributed by atoms with E-state index in [0.717, 1.165) is 11.3 Å². The Kier molecular flexibility index (Phi) is 5.44. The molecule has 1 saturated heterocycles. The lowest BCUT2D eigenvalue weighted by atomic mass is 10.2. The zero-order valence-electron chi connectivity index (χ0n) is 13.4. The molecule has 1 aromatic rings. The molecule has 1 fully saturated rings. The van der Waals surface area contributed by atoms with Gasteiger partial charge in [0.25, 0.3) is 5.91 Å². The fourth-order valence-corrected chi connectivity index (χ4v) is 2.47. The number of nitrogens with zero attached hydrogens (tertiary/aromatic N) is 1. The molecule has 1 unspecified atom stereocenters. The maximum absolute atomic E-state index is 12.2. The Labute approximate surface area is 134 Å². The Morgan fingerprint density at radius 1 is 1.39 bits per heavy atom. The average molecular weight is 323 g/mol. The molecule has 7 heteroatoms. The van der Waals surface area contributed by atoms with E-state index in [9.17, 15) is 9.59 Å². The lowest BCUT2D eigenvalue weighted by Gasteiger charge is -2.34. The molecule has 1 aromatic carbocycles. The molecule has 1 heterocycles. The standard InChI is InChI=1S/C16H21NO6/c1-10-6-12(4-5-13(10)21-3)22-9-15(18)17-7-11(2)23-14(8-17)16(19)20/h4-6,11,14H,7-9H2,1-3H3,(H,19,20)/t11-,14?/m1/s1. The number of morpholine rings is 1. The summed E-state index contributed by atoms with van der Waals surface area (Å²) >= 11 is 0. The van der Waals surface area contributed by atoms with Crippen molar-refractivity contribution in [1.82, 2.24) is 4.90 Å². The number of hydrogen-bond acceptors (Lipinski definition) is 5. The molecule has 2 rings (SSSR count). The number of ether oxygens (including phenoxy) is 3. The lowest BCUT2D eigenvalue weighted by molar-refractivity contribution is -0.167. The predicted molar refractivity (Wildman–Crippen MR) is 81.8 cm³/mol. The number of methoxy groups -OCH3 is 1. The molecule has 0 bridgehead atoms. The highest BCUT2D eigenvalue weighted by atomic mass is 16.5. The van der Waals surface area contributed by atoms with E-state index in [-0.39, 0.29) is 25.2 Å². The predicted octanol–water partition coefficient (Wildman–Crippen LogP) is 1.08. The van der Waals surface area contributed by atoms with Crippen LogP contribution in [-0.4, -0.2) is 60.9 Å². The highest BCUT2D eigenvalue weighted by molar-refractivity contribution is 5.80. The van der Waals surface area contributed by atoms with Crippen LogP contribution in [0.5, 0.6) is 11.5 Å². The molecular formula is C16H21NO6. The van der Waals surface area contributed by atoms with Crippen molar-refractivity contribution in [3.8, 4) is 11.5 Å². The maximum Gasteiger partial charge on any atom is 0.334 e. The van der Waals surface area contributed by atoms with Crippen molar-refractivity contribution in [2.45, 2.75) is 26.1 Å². The van der Waals surface area contributed by atoms with Gasteiger partial charge in [0.15, 0.2) is 12.7 Å². The third-order valence-electron chi connectivity index (χ3n) is 3.62. The molecule has 0 aliphatic carbocycles. The Bertz CT molecular complexity index is 588. The quantitative estimate of drug-likeness (QED) is 0.873. The van der Waals surface area contributed by atoms with Crippen molar-refractivity contribution in [3.05, 3.63) is 23.8 Å². The molecule has 23 heavy (non-hydrogen) atoms. The topological polar surface area (TPSA) is 85.3 Å². The van der Waals surface area contributed by atoms with E-state index in [1.54, 1.807) is 32.2 Å². The van der Waals surface area contributed by atoms with Crippen LogP contribution in [0.1, 0.15) is 12.5 Å².